The van der Waals surface area contributed by atoms with Gasteiger partial charge < -0.3 is 4.42 Å². The Morgan fingerprint density at radius 2 is 2.00 bits per heavy atom. The Morgan fingerprint density at radius 1 is 1.18 bits per heavy atom. The number of allylic oxidation sites excluding steroid dienone is 1. The number of ketones is 1. The van der Waals surface area contributed by atoms with Crippen LogP contribution in [-0.4, -0.2) is 5.78 Å². The van der Waals surface area contributed by atoms with Gasteiger partial charge in [0.25, 0.3) is 0 Å². The Balaban J connectivity index is 2.17. The summed E-state index contributed by atoms with van der Waals surface area (Å²) in [4.78, 5) is 11.9. The van der Waals surface area contributed by atoms with E-state index in [1.165, 1.54) is 11.6 Å². The van der Waals surface area contributed by atoms with Gasteiger partial charge in [-0.1, -0.05) is 12.1 Å². The molecule has 0 radical (unpaired) electrons. The predicted octanol–water partition coefficient (Wildman–Crippen LogP) is 3.79. The van der Waals surface area contributed by atoms with Gasteiger partial charge in [0.2, 0.25) is 0 Å². The number of benzene rings is 1. The monoisotopic (exact) mass is 226 g/mol. The van der Waals surface area contributed by atoms with Crippen LogP contribution < -0.4 is 0 Å². The van der Waals surface area contributed by atoms with Gasteiger partial charge in [0.1, 0.15) is 5.76 Å². The van der Waals surface area contributed by atoms with Crippen molar-refractivity contribution in [2.45, 2.75) is 13.8 Å². The van der Waals surface area contributed by atoms with Gasteiger partial charge in [-0.25, -0.2) is 0 Å². The number of hydrogen-bond acceptors (Lipinski definition) is 2. The molecule has 0 saturated heterocycles. The fraction of sp³-hybridized carbons (Fsp3) is 0.133. The van der Waals surface area contributed by atoms with Crippen molar-refractivity contribution in [1.82, 2.24) is 0 Å². The summed E-state index contributed by atoms with van der Waals surface area (Å²) < 4.78 is 5.12. The maximum absolute atomic E-state index is 11.9. The Morgan fingerprint density at radius 3 is 2.65 bits per heavy atom. The molecular weight excluding hydrogens is 212 g/mol. The van der Waals surface area contributed by atoms with E-state index in [-0.39, 0.29) is 5.78 Å². The van der Waals surface area contributed by atoms with Crippen molar-refractivity contribution in [3.8, 4) is 0 Å². The maximum atomic E-state index is 11.9. The van der Waals surface area contributed by atoms with Gasteiger partial charge in [0, 0.05) is 5.56 Å². The molecule has 0 aliphatic heterocycles. The third-order valence-corrected chi connectivity index (χ3v) is 2.73. The quantitative estimate of drug-likeness (QED) is 0.588. The predicted molar refractivity (Wildman–Crippen MR) is 68.0 cm³/mol. The average Bonchev–Trinajstić information content (AvgIpc) is 2.82. The molecule has 2 aromatic rings. The van der Waals surface area contributed by atoms with Crippen molar-refractivity contribution in [1.29, 1.82) is 0 Å². The van der Waals surface area contributed by atoms with Crippen molar-refractivity contribution in [2.24, 2.45) is 0 Å². The number of carbonyl (C=O) groups excluding carboxylic acids is 1. The van der Waals surface area contributed by atoms with E-state index in [4.69, 9.17) is 4.42 Å². The van der Waals surface area contributed by atoms with Gasteiger partial charge in [0.15, 0.2) is 5.78 Å². The van der Waals surface area contributed by atoms with Crippen LogP contribution in [0.4, 0.5) is 0 Å². The van der Waals surface area contributed by atoms with Crippen molar-refractivity contribution in [3.63, 3.8) is 0 Å². The second-order valence-corrected chi connectivity index (χ2v) is 4.01. The van der Waals surface area contributed by atoms with Gasteiger partial charge in [-0.3, -0.25) is 4.79 Å². The maximum Gasteiger partial charge on any atom is 0.185 e. The number of aryl methyl sites for hydroxylation is 2. The Labute approximate surface area is 101 Å². The van der Waals surface area contributed by atoms with E-state index in [0.717, 1.165) is 5.56 Å². The van der Waals surface area contributed by atoms with E-state index in [1.807, 2.05) is 38.1 Å². The summed E-state index contributed by atoms with van der Waals surface area (Å²) in [5.41, 5.74) is 3.02. The van der Waals surface area contributed by atoms with Gasteiger partial charge in [0.05, 0.1) is 6.26 Å². The first-order chi connectivity index (χ1) is 8.16. The van der Waals surface area contributed by atoms with Crippen LogP contribution in [0.3, 0.4) is 0 Å². The average molecular weight is 226 g/mol. The summed E-state index contributed by atoms with van der Waals surface area (Å²) in [6, 6.07) is 9.31. The molecule has 0 bridgehead atoms. The van der Waals surface area contributed by atoms with Crippen LogP contribution in [-0.2, 0) is 0 Å². The van der Waals surface area contributed by atoms with Crippen LogP contribution in [0.15, 0.2) is 47.1 Å². The Bertz CT molecular complexity index is 548. The first-order valence-electron chi connectivity index (χ1n) is 5.50. The van der Waals surface area contributed by atoms with Crippen LogP contribution >= 0.6 is 0 Å². The lowest BCUT2D eigenvalue weighted by molar-refractivity contribution is 0.104. The Kier molecular flexibility index (Phi) is 3.24. The minimum absolute atomic E-state index is 0.00972. The summed E-state index contributed by atoms with van der Waals surface area (Å²) in [7, 11) is 0. The molecule has 0 fully saturated rings. The molecule has 0 spiro atoms. The molecule has 0 aliphatic carbocycles. The van der Waals surface area contributed by atoms with Crippen LogP contribution in [0.1, 0.15) is 27.2 Å². The summed E-state index contributed by atoms with van der Waals surface area (Å²) in [5, 5.41) is 0. The molecular formula is C15H14O2. The summed E-state index contributed by atoms with van der Waals surface area (Å²) in [5.74, 6) is 0.673. The highest BCUT2D eigenvalue weighted by Crippen LogP contribution is 2.11. The van der Waals surface area contributed by atoms with Gasteiger partial charge in [-0.05, 0) is 55.3 Å². The van der Waals surface area contributed by atoms with E-state index in [2.05, 4.69) is 0 Å². The highest BCUT2D eigenvalue weighted by molar-refractivity contribution is 6.06. The molecule has 0 aliphatic rings. The molecule has 0 N–H and O–H groups in total. The number of carbonyl (C=O) groups is 1. The van der Waals surface area contributed by atoms with Crippen LogP contribution in [0, 0.1) is 13.8 Å². The molecule has 86 valence electrons. The van der Waals surface area contributed by atoms with Crippen LogP contribution in [0.2, 0.25) is 0 Å². The highest BCUT2D eigenvalue weighted by atomic mass is 16.3. The highest BCUT2D eigenvalue weighted by Gasteiger charge is 2.03. The third-order valence-electron chi connectivity index (χ3n) is 2.73. The molecule has 1 aromatic heterocycles. The second kappa shape index (κ2) is 4.83. The van der Waals surface area contributed by atoms with Gasteiger partial charge in [-0.15, -0.1) is 0 Å². The molecule has 1 heterocycles. The fourth-order valence-corrected chi connectivity index (χ4v) is 1.53. The number of furan rings is 1. The largest absolute Gasteiger partial charge is 0.465 e. The molecule has 0 unspecified atom stereocenters. The normalized spacial score (nSPS) is 10.9. The van der Waals surface area contributed by atoms with E-state index in [1.54, 1.807) is 18.4 Å². The van der Waals surface area contributed by atoms with E-state index in [9.17, 15) is 4.79 Å². The lowest BCUT2D eigenvalue weighted by atomic mass is 10.0. The third kappa shape index (κ3) is 2.72. The first-order valence-corrected chi connectivity index (χ1v) is 5.50. The molecule has 0 saturated carbocycles. The SMILES string of the molecule is Cc1ccc(C(=O)C=Cc2ccco2)cc1C. The summed E-state index contributed by atoms with van der Waals surface area (Å²) in [6.07, 6.45) is 4.79. The Hall–Kier alpha value is -2.09. The lowest BCUT2D eigenvalue weighted by Gasteiger charge is -2.01. The summed E-state index contributed by atoms with van der Waals surface area (Å²) >= 11 is 0. The van der Waals surface area contributed by atoms with Crippen LogP contribution in [0.5, 0.6) is 0 Å². The van der Waals surface area contributed by atoms with Crippen molar-refractivity contribution >= 4 is 11.9 Å². The standard InChI is InChI=1S/C15H14O2/c1-11-5-6-13(10-12(11)2)15(16)8-7-14-4-3-9-17-14/h3-10H,1-2H3. The first kappa shape index (κ1) is 11.4. The number of hydrogen-bond donors (Lipinski definition) is 0. The fourth-order valence-electron chi connectivity index (χ4n) is 1.53. The van der Waals surface area contributed by atoms with Crippen LogP contribution in [0.25, 0.3) is 6.08 Å². The molecule has 2 heteroatoms. The minimum Gasteiger partial charge on any atom is -0.465 e. The molecule has 1 aromatic carbocycles. The zero-order valence-corrected chi connectivity index (χ0v) is 9.94. The van der Waals surface area contributed by atoms with Gasteiger partial charge >= 0.3 is 0 Å². The summed E-state index contributed by atoms with van der Waals surface area (Å²) in [6.45, 7) is 4.03. The topological polar surface area (TPSA) is 30.2 Å². The minimum atomic E-state index is -0.00972. The molecule has 0 atom stereocenters. The van der Waals surface area contributed by atoms with E-state index >= 15 is 0 Å². The molecule has 0 amide bonds. The number of rotatable bonds is 3. The van der Waals surface area contributed by atoms with Crippen molar-refractivity contribution in [3.05, 3.63) is 65.1 Å². The smallest absolute Gasteiger partial charge is 0.185 e. The zero-order chi connectivity index (χ0) is 12.3. The molecule has 17 heavy (non-hydrogen) atoms. The zero-order valence-electron chi connectivity index (χ0n) is 9.94. The lowest BCUT2D eigenvalue weighted by Crippen LogP contribution is -1.95. The van der Waals surface area contributed by atoms with E-state index in [0.29, 0.717) is 11.3 Å². The molecule has 2 rings (SSSR count). The van der Waals surface area contributed by atoms with Crippen molar-refractivity contribution in [2.75, 3.05) is 0 Å². The second-order valence-electron chi connectivity index (χ2n) is 4.01. The molecule has 2 nitrogen and oxygen atoms in total. The van der Waals surface area contributed by atoms with Gasteiger partial charge in [-0.2, -0.15) is 0 Å². The van der Waals surface area contributed by atoms with Crippen molar-refractivity contribution < 1.29 is 9.21 Å². The van der Waals surface area contributed by atoms with E-state index < -0.39 is 0 Å².